The summed E-state index contributed by atoms with van der Waals surface area (Å²) in [5.74, 6) is -0.536. The predicted octanol–water partition coefficient (Wildman–Crippen LogP) is 3.39. The lowest BCUT2D eigenvalue weighted by atomic mass is 9.99. The summed E-state index contributed by atoms with van der Waals surface area (Å²) in [6, 6.07) is 17.4. The Kier molecular flexibility index (Phi) is 8.81. The summed E-state index contributed by atoms with van der Waals surface area (Å²) in [4.78, 5) is 32.8. The van der Waals surface area contributed by atoms with Crippen LogP contribution in [0.4, 0.5) is 5.69 Å². The molecule has 10 nitrogen and oxygen atoms in total. The van der Waals surface area contributed by atoms with Crippen LogP contribution in [0.25, 0.3) is 33.3 Å². The van der Waals surface area contributed by atoms with Crippen molar-refractivity contribution < 1.29 is 24.6 Å². The molecule has 0 spiro atoms. The predicted molar refractivity (Wildman–Crippen MR) is 144 cm³/mol. The average Bonchev–Trinajstić information content (AvgIpc) is 2.97. The molecular weight excluding hydrogens is 486 g/mol. The number of hydrogen-bond acceptors (Lipinski definition) is 8. The van der Waals surface area contributed by atoms with E-state index in [4.69, 9.17) is 14.8 Å². The van der Waals surface area contributed by atoms with Crippen molar-refractivity contribution in [1.82, 2.24) is 20.8 Å². The van der Waals surface area contributed by atoms with Gasteiger partial charge in [0.15, 0.2) is 5.75 Å². The number of hydrogen-bond donors (Lipinski definition) is 5. The zero-order chi connectivity index (χ0) is 26.9. The first kappa shape index (κ1) is 26.5. The fourth-order valence-electron chi connectivity index (χ4n) is 4.13. The topological polar surface area (TPSA) is 146 Å². The highest BCUT2D eigenvalue weighted by Gasteiger charge is 2.22. The van der Waals surface area contributed by atoms with Crippen molar-refractivity contribution in [3.8, 4) is 28.1 Å². The Balaban J connectivity index is 1.49. The number of ether oxygens (including phenoxy) is 1. The fourth-order valence-corrected chi connectivity index (χ4v) is 4.13. The first-order chi connectivity index (χ1) is 18.5. The van der Waals surface area contributed by atoms with Crippen LogP contribution in [0.1, 0.15) is 23.2 Å². The van der Waals surface area contributed by atoms with Crippen LogP contribution >= 0.6 is 0 Å². The van der Waals surface area contributed by atoms with Crippen LogP contribution in [0.2, 0.25) is 0 Å². The van der Waals surface area contributed by atoms with Crippen LogP contribution in [0.3, 0.4) is 0 Å². The number of fused-ring (bicyclic) bond motifs is 1. The largest absolute Gasteiger partial charge is 0.494 e. The number of carbonyl (C=O) groups excluding carboxylic acids is 2. The number of amides is 2. The number of methoxy groups -OCH3 is 1. The van der Waals surface area contributed by atoms with E-state index >= 15 is 0 Å². The quantitative estimate of drug-likeness (QED) is 0.116. The minimum atomic E-state index is -0.709. The number of aliphatic hydroxyl groups is 1. The zero-order valence-corrected chi connectivity index (χ0v) is 20.9. The van der Waals surface area contributed by atoms with Gasteiger partial charge in [0.05, 0.1) is 24.8 Å². The highest BCUT2D eigenvalue weighted by molar-refractivity contribution is 6.09. The summed E-state index contributed by atoms with van der Waals surface area (Å²) >= 11 is 0. The van der Waals surface area contributed by atoms with E-state index in [1.807, 2.05) is 48.5 Å². The lowest BCUT2D eigenvalue weighted by Gasteiger charge is -2.15. The van der Waals surface area contributed by atoms with Crippen molar-refractivity contribution in [1.29, 1.82) is 0 Å². The van der Waals surface area contributed by atoms with Gasteiger partial charge in [-0.3, -0.25) is 19.8 Å². The molecule has 2 amide bonds. The molecule has 0 unspecified atom stereocenters. The minimum Gasteiger partial charge on any atom is -0.494 e. The maximum absolute atomic E-state index is 12.5. The standard InChI is InChI=1S/C28H29N5O5/c1-38-27-25(28(36)33-37)22-17-29-14-12-23(22)32-26(27)20-6-4-18(5-7-20)19-8-10-21(11-9-19)30-13-2-3-24(35)31-15-16-34/h4-12,14,17,30,34,37H,2-3,13,15-16H2,1H3,(H,31,35)(H,33,36). The second kappa shape index (κ2) is 12.6. The Bertz CT molecular complexity index is 1410. The molecule has 5 N–H and O–H groups in total. The van der Waals surface area contributed by atoms with Gasteiger partial charge in [0.2, 0.25) is 5.91 Å². The van der Waals surface area contributed by atoms with Gasteiger partial charge in [-0.25, -0.2) is 10.5 Å². The molecule has 0 aliphatic heterocycles. The van der Waals surface area contributed by atoms with E-state index in [-0.39, 0.29) is 30.4 Å². The number of benzene rings is 2. The van der Waals surface area contributed by atoms with Crippen molar-refractivity contribution in [2.24, 2.45) is 0 Å². The van der Waals surface area contributed by atoms with Gasteiger partial charge in [-0.15, -0.1) is 0 Å². The molecule has 38 heavy (non-hydrogen) atoms. The number of nitrogens with zero attached hydrogens (tertiary/aromatic N) is 2. The molecule has 0 atom stereocenters. The molecule has 2 aromatic heterocycles. The molecule has 0 fully saturated rings. The van der Waals surface area contributed by atoms with Crippen LogP contribution < -0.4 is 20.9 Å². The molecule has 2 aromatic carbocycles. The number of rotatable bonds is 11. The second-order valence-corrected chi connectivity index (χ2v) is 8.46. The van der Waals surface area contributed by atoms with Crippen molar-refractivity contribution >= 4 is 28.4 Å². The molecule has 2 heterocycles. The Morgan fingerprint density at radius 3 is 2.29 bits per heavy atom. The van der Waals surface area contributed by atoms with Crippen molar-refractivity contribution in [3.05, 3.63) is 72.6 Å². The third kappa shape index (κ3) is 6.05. The molecule has 0 radical (unpaired) electrons. The maximum Gasteiger partial charge on any atom is 0.279 e. The SMILES string of the molecule is COc1c(-c2ccc(-c3ccc(NCCCC(=O)NCCO)cc3)cc2)nc2ccncc2c1C(=O)NO. The molecule has 196 valence electrons. The highest BCUT2D eigenvalue weighted by atomic mass is 16.5. The number of aliphatic hydroxyl groups excluding tert-OH is 1. The van der Waals surface area contributed by atoms with Crippen LogP contribution in [0, 0.1) is 0 Å². The molecule has 10 heteroatoms. The Morgan fingerprint density at radius 2 is 1.63 bits per heavy atom. The number of anilines is 1. The minimum absolute atomic E-state index is 0.0597. The Labute approximate surface area is 219 Å². The van der Waals surface area contributed by atoms with Gasteiger partial charge in [0.1, 0.15) is 5.69 Å². The molecule has 0 bridgehead atoms. The van der Waals surface area contributed by atoms with Crippen LogP contribution in [-0.4, -0.2) is 58.9 Å². The summed E-state index contributed by atoms with van der Waals surface area (Å²) in [5.41, 5.74) is 6.58. The van der Waals surface area contributed by atoms with Gasteiger partial charge >= 0.3 is 0 Å². The van der Waals surface area contributed by atoms with Gasteiger partial charge < -0.3 is 20.5 Å². The monoisotopic (exact) mass is 515 g/mol. The normalized spacial score (nSPS) is 10.7. The maximum atomic E-state index is 12.5. The summed E-state index contributed by atoms with van der Waals surface area (Å²) in [6.45, 7) is 0.879. The Hall–Kier alpha value is -4.54. The zero-order valence-electron chi connectivity index (χ0n) is 20.9. The van der Waals surface area contributed by atoms with Gasteiger partial charge in [-0.2, -0.15) is 0 Å². The van der Waals surface area contributed by atoms with Gasteiger partial charge in [-0.1, -0.05) is 36.4 Å². The van der Waals surface area contributed by atoms with Crippen LogP contribution in [-0.2, 0) is 4.79 Å². The van der Waals surface area contributed by atoms with Crippen molar-refractivity contribution in [3.63, 3.8) is 0 Å². The number of carbonyl (C=O) groups is 2. The molecule has 0 saturated carbocycles. The Morgan fingerprint density at radius 1 is 0.947 bits per heavy atom. The first-order valence-corrected chi connectivity index (χ1v) is 12.1. The molecule has 4 aromatic rings. The summed E-state index contributed by atoms with van der Waals surface area (Å²) in [5, 5.41) is 24.4. The number of aromatic nitrogens is 2. The van der Waals surface area contributed by atoms with E-state index in [1.165, 1.54) is 13.3 Å². The number of pyridine rings is 2. The molecular formula is C28H29N5O5. The lowest BCUT2D eigenvalue weighted by Crippen LogP contribution is -2.26. The van der Waals surface area contributed by atoms with Gasteiger partial charge in [0, 0.05) is 48.5 Å². The van der Waals surface area contributed by atoms with E-state index in [0.29, 0.717) is 36.0 Å². The van der Waals surface area contributed by atoms with Gasteiger partial charge in [-0.05, 0) is 35.7 Å². The van der Waals surface area contributed by atoms with Crippen molar-refractivity contribution in [2.45, 2.75) is 12.8 Å². The highest BCUT2D eigenvalue weighted by Crippen LogP contribution is 2.36. The van der Waals surface area contributed by atoms with Gasteiger partial charge in [0.25, 0.3) is 5.91 Å². The molecule has 0 saturated heterocycles. The van der Waals surface area contributed by atoms with E-state index in [0.717, 1.165) is 22.4 Å². The average molecular weight is 516 g/mol. The third-order valence-corrected chi connectivity index (χ3v) is 5.99. The first-order valence-electron chi connectivity index (χ1n) is 12.1. The number of hydroxylamine groups is 1. The summed E-state index contributed by atoms with van der Waals surface area (Å²) in [7, 11) is 1.45. The smallest absolute Gasteiger partial charge is 0.279 e. The lowest BCUT2D eigenvalue weighted by molar-refractivity contribution is -0.121. The number of nitrogens with one attached hydrogen (secondary N) is 3. The van der Waals surface area contributed by atoms with E-state index < -0.39 is 5.91 Å². The second-order valence-electron chi connectivity index (χ2n) is 8.46. The fraction of sp³-hybridized carbons (Fsp3) is 0.214. The van der Waals surface area contributed by atoms with Crippen LogP contribution in [0.15, 0.2) is 67.0 Å². The van der Waals surface area contributed by atoms with E-state index in [1.54, 1.807) is 17.7 Å². The molecule has 0 aliphatic carbocycles. The molecule has 0 aliphatic rings. The summed E-state index contributed by atoms with van der Waals surface area (Å²) < 4.78 is 5.56. The van der Waals surface area contributed by atoms with Crippen molar-refractivity contribution in [2.75, 3.05) is 32.1 Å². The van der Waals surface area contributed by atoms with Crippen LogP contribution in [0.5, 0.6) is 5.75 Å². The van der Waals surface area contributed by atoms with E-state index in [9.17, 15) is 14.8 Å². The van der Waals surface area contributed by atoms with E-state index in [2.05, 4.69) is 15.6 Å². The molecule has 4 rings (SSSR count). The summed E-state index contributed by atoms with van der Waals surface area (Å²) in [6.07, 6.45) is 4.18. The third-order valence-electron chi connectivity index (χ3n) is 5.99.